The number of fused-ring (bicyclic) bond motifs is 1. The van der Waals surface area contributed by atoms with Crippen LogP contribution in [0.15, 0.2) is 29.2 Å². The maximum atomic E-state index is 13.9. The van der Waals surface area contributed by atoms with Gasteiger partial charge in [-0.15, -0.1) is 0 Å². The molecular formula is C15H9F5O4S. The predicted octanol–water partition coefficient (Wildman–Crippen LogP) is 2.31. The van der Waals surface area contributed by atoms with Crippen LogP contribution in [0.2, 0.25) is 0 Å². The van der Waals surface area contributed by atoms with E-state index in [1.165, 1.54) is 18.2 Å². The molecule has 2 aromatic carbocycles. The zero-order valence-corrected chi connectivity index (χ0v) is 12.9. The summed E-state index contributed by atoms with van der Waals surface area (Å²) < 4.78 is 92.3. The Kier molecular flexibility index (Phi) is 4.09. The van der Waals surface area contributed by atoms with Crippen LogP contribution in [-0.2, 0) is 9.84 Å². The molecule has 1 aliphatic rings. The average Bonchev–Trinajstić information content (AvgIpc) is 2.78. The molecule has 3 rings (SSSR count). The maximum Gasteiger partial charge on any atom is 0.200 e. The van der Waals surface area contributed by atoms with Crippen LogP contribution in [0, 0.1) is 29.1 Å². The van der Waals surface area contributed by atoms with Gasteiger partial charge in [0.15, 0.2) is 33.1 Å². The first-order valence-corrected chi connectivity index (χ1v) is 8.35. The fourth-order valence-corrected chi connectivity index (χ4v) is 4.91. The third-order valence-electron chi connectivity index (χ3n) is 4.06. The van der Waals surface area contributed by atoms with Gasteiger partial charge in [0.25, 0.3) is 0 Å². The van der Waals surface area contributed by atoms with Crippen molar-refractivity contribution in [2.45, 2.75) is 22.4 Å². The number of aliphatic hydroxyl groups excluding tert-OH is 2. The van der Waals surface area contributed by atoms with E-state index in [1.807, 2.05) is 0 Å². The highest BCUT2D eigenvalue weighted by molar-refractivity contribution is 7.92. The Labute approximate surface area is 138 Å². The van der Waals surface area contributed by atoms with E-state index >= 15 is 0 Å². The van der Waals surface area contributed by atoms with Crippen molar-refractivity contribution in [1.29, 1.82) is 0 Å². The summed E-state index contributed by atoms with van der Waals surface area (Å²) in [5.41, 5.74) is -1.85. The second-order valence-corrected chi connectivity index (χ2v) is 7.49. The second kappa shape index (κ2) is 5.75. The molecule has 0 saturated carbocycles. The van der Waals surface area contributed by atoms with Crippen LogP contribution in [0.3, 0.4) is 0 Å². The Balaban J connectivity index is 2.20. The second-order valence-electron chi connectivity index (χ2n) is 5.42. The fourth-order valence-electron chi connectivity index (χ4n) is 2.87. The van der Waals surface area contributed by atoms with E-state index in [0.717, 1.165) is 6.07 Å². The van der Waals surface area contributed by atoms with E-state index in [4.69, 9.17) is 0 Å². The molecule has 0 radical (unpaired) electrons. The zero-order chi connectivity index (χ0) is 18.7. The van der Waals surface area contributed by atoms with Gasteiger partial charge in [0.1, 0.15) is 17.5 Å². The summed E-state index contributed by atoms with van der Waals surface area (Å²) >= 11 is 0. The fraction of sp³-hybridized carbons (Fsp3) is 0.200. The molecule has 134 valence electrons. The van der Waals surface area contributed by atoms with Gasteiger partial charge in [-0.1, -0.05) is 18.2 Å². The molecule has 0 aromatic heterocycles. The van der Waals surface area contributed by atoms with Crippen molar-refractivity contribution in [2.24, 2.45) is 0 Å². The predicted molar refractivity (Wildman–Crippen MR) is 73.6 cm³/mol. The van der Waals surface area contributed by atoms with Gasteiger partial charge in [-0.2, -0.15) is 0 Å². The van der Waals surface area contributed by atoms with Gasteiger partial charge < -0.3 is 10.2 Å². The Bertz CT molecular complexity index is 947. The molecule has 1 aliphatic heterocycles. The number of aliphatic hydroxyl groups is 2. The number of hydrogen-bond donors (Lipinski definition) is 2. The Morgan fingerprint density at radius 1 is 0.880 bits per heavy atom. The molecule has 0 bridgehead atoms. The third-order valence-corrected chi connectivity index (χ3v) is 6.28. The average molecular weight is 380 g/mol. The smallest absolute Gasteiger partial charge is 0.200 e. The van der Waals surface area contributed by atoms with Crippen LogP contribution in [-0.4, -0.2) is 23.9 Å². The molecule has 3 atom stereocenters. The summed E-state index contributed by atoms with van der Waals surface area (Å²) in [7, 11) is -4.48. The molecule has 2 N–H and O–H groups in total. The normalized spacial score (nSPS) is 22.7. The first-order valence-electron chi connectivity index (χ1n) is 6.81. The van der Waals surface area contributed by atoms with E-state index in [9.17, 15) is 40.6 Å². The highest BCUT2D eigenvalue weighted by atomic mass is 32.2. The van der Waals surface area contributed by atoms with Crippen LogP contribution < -0.4 is 0 Å². The van der Waals surface area contributed by atoms with Crippen LogP contribution >= 0.6 is 0 Å². The van der Waals surface area contributed by atoms with Gasteiger partial charge in [-0.05, 0) is 6.07 Å². The van der Waals surface area contributed by atoms with Gasteiger partial charge in [0, 0.05) is 5.56 Å². The van der Waals surface area contributed by atoms with Crippen LogP contribution in [0.1, 0.15) is 23.3 Å². The van der Waals surface area contributed by atoms with Gasteiger partial charge in [-0.25, -0.2) is 30.4 Å². The summed E-state index contributed by atoms with van der Waals surface area (Å²) in [4.78, 5) is -0.393. The van der Waals surface area contributed by atoms with Crippen molar-refractivity contribution < 1.29 is 40.6 Å². The van der Waals surface area contributed by atoms with Gasteiger partial charge in [-0.3, -0.25) is 0 Å². The van der Waals surface area contributed by atoms with Crippen molar-refractivity contribution in [3.63, 3.8) is 0 Å². The third kappa shape index (κ3) is 2.35. The van der Waals surface area contributed by atoms with Gasteiger partial charge >= 0.3 is 0 Å². The maximum absolute atomic E-state index is 13.9. The quantitative estimate of drug-likeness (QED) is 0.476. The lowest BCUT2D eigenvalue weighted by Crippen LogP contribution is -2.31. The summed E-state index contributed by atoms with van der Waals surface area (Å²) in [5.74, 6) is -11.8. The van der Waals surface area contributed by atoms with Crippen molar-refractivity contribution in [1.82, 2.24) is 0 Å². The first-order chi connectivity index (χ1) is 11.6. The van der Waals surface area contributed by atoms with Crippen molar-refractivity contribution in [3.8, 4) is 0 Å². The molecule has 4 nitrogen and oxygen atoms in total. The molecule has 3 unspecified atom stereocenters. The number of sulfone groups is 1. The summed E-state index contributed by atoms with van der Waals surface area (Å²) in [5, 5.41) is 18.0. The minimum atomic E-state index is -4.48. The van der Waals surface area contributed by atoms with E-state index in [0.29, 0.717) is 0 Å². The SMILES string of the molecule is O=S1(=O)c2ccccc2C(O)C1C(O)c1c(F)c(F)c(F)c(F)c1F. The Morgan fingerprint density at radius 2 is 1.36 bits per heavy atom. The van der Waals surface area contributed by atoms with Crippen molar-refractivity contribution >= 4 is 9.84 Å². The monoisotopic (exact) mass is 380 g/mol. The van der Waals surface area contributed by atoms with Crippen molar-refractivity contribution in [2.75, 3.05) is 0 Å². The number of benzene rings is 2. The minimum absolute atomic E-state index is 0.143. The molecule has 0 amide bonds. The highest BCUT2D eigenvalue weighted by Gasteiger charge is 2.50. The Morgan fingerprint density at radius 3 is 1.88 bits per heavy atom. The van der Waals surface area contributed by atoms with Crippen LogP contribution in [0.25, 0.3) is 0 Å². The Hall–Kier alpha value is -2.04. The molecule has 0 aliphatic carbocycles. The standard InChI is InChI=1S/C15H9F5O4S/c16-8-7(9(17)11(19)12(20)10(8)18)14(22)15-13(21)5-3-1-2-4-6(5)25(15,23)24/h1-4,13-15,21-22H. The lowest BCUT2D eigenvalue weighted by Gasteiger charge is -2.22. The molecule has 0 saturated heterocycles. The van der Waals surface area contributed by atoms with E-state index in [1.54, 1.807) is 0 Å². The molecule has 1 heterocycles. The topological polar surface area (TPSA) is 74.6 Å². The molecule has 25 heavy (non-hydrogen) atoms. The van der Waals surface area contributed by atoms with Crippen LogP contribution in [0.4, 0.5) is 22.0 Å². The highest BCUT2D eigenvalue weighted by Crippen LogP contribution is 2.45. The minimum Gasteiger partial charge on any atom is -0.387 e. The molecule has 0 fully saturated rings. The number of hydrogen-bond acceptors (Lipinski definition) is 4. The van der Waals surface area contributed by atoms with Crippen LogP contribution in [0.5, 0.6) is 0 Å². The first kappa shape index (κ1) is 17.8. The summed E-state index contributed by atoms with van der Waals surface area (Å²) in [6.07, 6.45) is -4.59. The van der Waals surface area contributed by atoms with E-state index in [-0.39, 0.29) is 5.56 Å². The molecule has 2 aromatic rings. The lowest BCUT2D eigenvalue weighted by atomic mass is 9.97. The van der Waals surface area contributed by atoms with Crippen molar-refractivity contribution in [3.05, 3.63) is 64.5 Å². The zero-order valence-electron chi connectivity index (χ0n) is 12.1. The molecule has 0 spiro atoms. The summed E-state index contributed by atoms with van der Waals surface area (Å²) in [6.45, 7) is 0. The van der Waals surface area contributed by atoms with E-state index in [2.05, 4.69) is 0 Å². The largest absolute Gasteiger partial charge is 0.387 e. The number of halogens is 5. The lowest BCUT2D eigenvalue weighted by molar-refractivity contribution is 0.0828. The number of rotatable bonds is 2. The molecular weight excluding hydrogens is 371 g/mol. The van der Waals surface area contributed by atoms with Gasteiger partial charge in [0.05, 0.1) is 10.5 Å². The van der Waals surface area contributed by atoms with E-state index < -0.39 is 66.8 Å². The summed E-state index contributed by atoms with van der Waals surface area (Å²) in [6, 6.07) is 5.00. The van der Waals surface area contributed by atoms with Gasteiger partial charge in [0.2, 0.25) is 5.82 Å². The molecule has 10 heteroatoms.